The molecule has 9 nitrogen and oxygen atoms in total. The van der Waals surface area contributed by atoms with E-state index in [1.165, 1.54) is 17.0 Å². The zero-order chi connectivity index (χ0) is 29.8. The number of sulfonamides is 1. The molecule has 0 radical (unpaired) electrons. The van der Waals surface area contributed by atoms with E-state index in [0.29, 0.717) is 24.7 Å². The monoisotopic (exact) mass is 643 g/mol. The molecule has 218 valence electrons. The van der Waals surface area contributed by atoms with Crippen LogP contribution in [0.3, 0.4) is 0 Å². The fourth-order valence-electron chi connectivity index (χ4n) is 4.32. The number of carbonyl (C=O) groups is 2. The molecule has 1 atom stereocenters. The zero-order valence-electron chi connectivity index (χ0n) is 23.5. The van der Waals surface area contributed by atoms with Crippen LogP contribution in [0.25, 0.3) is 0 Å². The molecule has 0 fully saturated rings. The first-order valence-corrected chi connectivity index (χ1v) is 15.4. The molecule has 0 bridgehead atoms. The fourth-order valence-corrected chi connectivity index (χ4v) is 6.20. The van der Waals surface area contributed by atoms with Crippen molar-refractivity contribution in [3.63, 3.8) is 0 Å². The molecule has 0 unspecified atom stereocenters. The number of halogens is 1. The Bertz CT molecular complexity index is 1510. The lowest BCUT2D eigenvalue weighted by molar-refractivity contribution is -0.140. The highest BCUT2D eigenvalue weighted by Crippen LogP contribution is 2.36. The van der Waals surface area contributed by atoms with E-state index >= 15 is 0 Å². The van der Waals surface area contributed by atoms with Crippen molar-refractivity contribution in [2.24, 2.45) is 0 Å². The van der Waals surface area contributed by atoms with E-state index in [2.05, 4.69) is 21.2 Å². The van der Waals surface area contributed by atoms with Gasteiger partial charge in [-0.25, -0.2) is 8.42 Å². The van der Waals surface area contributed by atoms with Crippen molar-refractivity contribution in [1.82, 2.24) is 10.2 Å². The standard InChI is InChI=1S/C30H34BrN3O6S/c1-21(29(36)32-30(2,3)4)33(19-22-9-8-10-23(31)17-22)28(35)20-34(41(37,38)25-11-6-5-7-12-25)24-13-14-26-27(18-24)40-16-15-39-26/h5-14,17-18,21H,15-16,19-20H2,1-4H3,(H,32,36)/t21-/m1/s1. The molecule has 0 saturated heterocycles. The Morgan fingerprint density at radius 3 is 2.29 bits per heavy atom. The summed E-state index contributed by atoms with van der Waals surface area (Å²) in [4.78, 5) is 28.7. The summed E-state index contributed by atoms with van der Waals surface area (Å²) in [6.07, 6.45) is 0. The average molecular weight is 645 g/mol. The SMILES string of the molecule is C[C@H](C(=O)NC(C)(C)C)N(Cc1cccc(Br)c1)C(=O)CN(c1ccc2c(c1)OCCO2)S(=O)(=O)c1ccccc1. The Morgan fingerprint density at radius 2 is 1.63 bits per heavy atom. The molecular formula is C30H34BrN3O6S. The van der Waals surface area contributed by atoms with Crippen molar-refractivity contribution in [2.45, 2.75) is 50.7 Å². The molecule has 3 aromatic carbocycles. The van der Waals surface area contributed by atoms with Gasteiger partial charge in [-0.1, -0.05) is 46.3 Å². The van der Waals surface area contributed by atoms with Crippen molar-refractivity contribution in [3.05, 3.63) is 82.8 Å². The van der Waals surface area contributed by atoms with Gasteiger partial charge in [0.25, 0.3) is 10.0 Å². The maximum absolute atomic E-state index is 14.1. The third-order valence-corrected chi connectivity index (χ3v) is 8.61. The second-order valence-electron chi connectivity index (χ2n) is 10.7. The van der Waals surface area contributed by atoms with Gasteiger partial charge >= 0.3 is 0 Å². The van der Waals surface area contributed by atoms with E-state index in [0.717, 1.165) is 14.3 Å². The van der Waals surface area contributed by atoms with Crippen LogP contribution in [0.4, 0.5) is 5.69 Å². The number of benzene rings is 3. The van der Waals surface area contributed by atoms with Gasteiger partial charge in [0, 0.05) is 22.6 Å². The summed E-state index contributed by atoms with van der Waals surface area (Å²) in [6, 6.07) is 19.2. The van der Waals surface area contributed by atoms with Gasteiger partial charge in [0.15, 0.2) is 11.5 Å². The van der Waals surface area contributed by atoms with Gasteiger partial charge in [-0.15, -0.1) is 0 Å². The van der Waals surface area contributed by atoms with Gasteiger partial charge in [-0.2, -0.15) is 0 Å². The predicted octanol–water partition coefficient (Wildman–Crippen LogP) is 4.75. The average Bonchev–Trinajstić information content (AvgIpc) is 2.93. The lowest BCUT2D eigenvalue weighted by Crippen LogP contribution is -2.54. The first-order valence-electron chi connectivity index (χ1n) is 13.2. The molecule has 0 aromatic heterocycles. The van der Waals surface area contributed by atoms with Crippen molar-refractivity contribution in [2.75, 3.05) is 24.1 Å². The summed E-state index contributed by atoms with van der Waals surface area (Å²) in [7, 11) is -4.18. The third-order valence-electron chi connectivity index (χ3n) is 6.33. The maximum Gasteiger partial charge on any atom is 0.264 e. The van der Waals surface area contributed by atoms with Gasteiger partial charge in [0.1, 0.15) is 25.8 Å². The van der Waals surface area contributed by atoms with Crippen LogP contribution in [0.1, 0.15) is 33.3 Å². The number of rotatable bonds is 9. The molecule has 4 rings (SSSR count). The van der Waals surface area contributed by atoms with E-state index in [-0.39, 0.29) is 23.0 Å². The van der Waals surface area contributed by atoms with E-state index in [4.69, 9.17) is 9.47 Å². The number of carbonyl (C=O) groups excluding carboxylic acids is 2. The van der Waals surface area contributed by atoms with Gasteiger partial charge in [-0.3, -0.25) is 13.9 Å². The highest BCUT2D eigenvalue weighted by molar-refractivity contribution is 9.10. The molecule has 1 aliphatic heterocycles. The minimum absolute atomic E-state index is 0.0275. The Morgan fingerprint density at radius 1 is 0.951 bits per heavy atom. The summed E-state index contributed by atoms with van der Waals surface area (Å²) in [5, 5.41) is 2.92. The Balaban J connectivity index is 1.74. The van der Waals surface area contributed by atoms with Crippen LogP contribution < -0.4 is 19.1 Å². The van der Waals surface area contributed by atoms with Crippen molar-refractivity contribution in [3.8, 4) is 11.5 Å². The van der Waals surface area contributed by atoms with E-state index < -0.39 is 34.1 Å². The highest BCUT2D eigenvalue weighted by Gasteiger charge is 2.34. The molecule has 1 N–H and O–H groups in total. The number of nitrogens with zero attached hydrogens (tertiary/aromatic N) is 2. The lowest BCUT2D eigenvalue weighted by atomic mass is 10.1. The number of amides is 2. The summed E-state index contributed by atoms with van der Waals surface area (Å²) in [5.74, 6) is -0.0147. The van der Waals surface area contributed by atoms with Crippen LogP contribution in [-0.2, 0) is 26.2 Å². The van der Waals surface area contributed by atoms with Crippen LogP contribution in [0, 0.1) is 0 Å². The van der Waals surface area contributed by atoms with Crippen molar-refractivity contribution in [1.29, 1.82) is 0 Å². The number of nitrogens with one attached hydrogen (secondary N) is 1. The summed E-state index contributed by atoms with van der Waals surface area (Å²) in [6.45, 7) is 7.46. The Labute approximate surface area is 249 Å². The summed E-state index contributed by atoms with van der Waals surface area (Å²) in [5.41, 5.74) is 0.490. The van der Waals surface area contributed by atoms with Crippen LogP contribution in [0.5, 0.6) is 11.5 Å². The second-order valence-corrected chi connectivity index (χ2v) is 13.5. The van der Waals surface area contributed by atoms with Crippen LogP contribution >= 0.6 is 15.9 Å². The zero-order valence-corrected chi connectivity index (χ0v) is 25.9. The van der Waals surface area contributed by atoms with Crippen molar-refractivity contribution < 1.29 is 27.5 Å². The molecule has 1 aliphatic rings. The minimum atomic E-state index is -4.18. The fraction of sp³-hybridized carbons (Fsp3) is 0.333. The molecular weight excluding hydrogens is 610 g/mol. The van der Waals surface area contributed by atoms with Crippen LogP contribution in [0.2, 0.25) is 0 Å². The minimum Gasteiger partial charge on any atom is -0.486 e. The predicted molar refractivity (Wildman–Crippen MR) is 160 cm³/mol. The normalized spacial score (nSPS) is 13.7. The number of hydrogen-bond donors (Lipinski definition) is 1. The highest BCUT2D eigenvalue weighted by atomic mass is 79.9. The van der Waals surface area contributed by atoms with Gasteiger partial charge in [-0.05, 0) is 69.7 Å². The largest absolute Gasteiger partial charge is 0.486 e. The molecule has 1 heterocycles. The topological polar surface area (TPSA) is 105 Å². The van der Waals surface area contributed by atoms with E-state index in [9.17, 15) is 18.0 Å². The molecule has 3 aromatic rings. The molecule has 2 amide bonds. The third kappa shape index (κ3) is 7.59. The summed E-state index contributed by atoms with van der Waals surface area (Å²) < 4.78 is 41.1. The van der Waals surface area contributed by atoms with Gasteiger partial charge < -0.3 is 19.7 Å². The number of anilines is 1. The first-order chi connectivity index (χ1) is 19.3. The van der Waals surface area contributed by atoms with Gasteiger partial charge in [0.05, 0.1) is 10.6 Å². The second kappa shape index (κ2) is 12.5. The molecule has 41 heavy (non-hydrogen) atoms. The Hall–Kier alpha value is -3.57. The van der Waals surface area contributed by atoms with Crippen LogP contribution in [-0.4, -0.2) is 56.5 Å². The first kappa shape index (κ1) is 30.4. The molecule has 11 heteroatoms. The molecule has 0 spiro atoms. The van der Waals surface area contributed by atoms with Gasteiger partial charge in [0.2, 0.25) is 11.8 Å². The van der Waals surface area contributed by atoms with E-state index in [1.54, 1.807) is 43.3 Å². The van der Waals surface area contributed by atoms with E-state index in [1.807, 2.05) is 45.0 Å². The molecule has 0 saturated carbocycles. The number of fused-ring (bicyclic) bond motifs is 1. The van der Waals surface area contributed by atoms with Crippen LogP contribution in [0.15, 0.2) is 82.2 Å². The number of ether oxygens (including phenoxy) is 2. The lowest BCUT2D eigenvalue weighted by Gasteiger charge is -2.33. The smallest absolute Gasteiger partial charge is 0.264 e. The maximum atomic E-state index is 14.1. The van der Waals surface area contributed by atoms with Crippen molar-refractivity contribution >= 4 is 43.5 Å². The quantitative estimate of drug-likeness (QED) is 0.361. The number of hydrogen-bond acceptors (Lipinski definition) is 6. The summed E-state index contributed by atoms with van der Waals surface area (Å²) >= 11 is 3.46. The Kier molecular flexibility index (Phi) is 9.28. The molecule has 0 aliphatic carbocycles.